The highest BCUT2D eigenvalue weighted by molar-refractivity contribution is 5.77. The summed E-state index contributed by atoms with van der Waals surface area (Å²) in [6.07, 6.45) is 0. The minimum Gasteiger partial charge on any atom is -0.480 e. The van der Waals surface area contributed by atoms with E-state index in [0.29, 0.717) is 59.4 Å². The van der Waals surface area contributed by atoms with Crippen LogP contribution in [-0.2, 0) is 33.3 Å². The van der Waals surface area contributed by atoms with E-state index in [1.54, 1.807) is 0 Å². The molecule has 0 fully saturated rings. The molecule has 25 heavy (non-hydrogen) atoms. The van der Waals surface area contributed by atoms with E-state index in [1.165, 1.54) is 0 Å². The summed E-state index contributed by atoms with van der Waals surface area (Å²) in [5, 5.41) is 13.9. The molecule has 0 spiro atoms. The SMILES string of the molecule is CNCCOCCOCCOCCOCCNC(=O)COCC(=O)O. The molecule has 3 N–H and O–H groups in total. The number of hydrogen-bond donors (Lipinski definition) is 3. The first-order chi connectivity index (χ1) is 12.2. The molecule has 10 heteroatoms. The van der Waals surface area contributed by atoms with Gasteiger partial charge >= 0.3 is 5.97 Å². The van der Waals surface area contributed by atoms with Crippen LogP contribution in [-0.4, -0.2) is 103 Å². The topological polar surface area (TPSA) is 125 Å². The summed E-state index contributed by atoms with van der Waals surface area (Å²) in [6, 6.07) is 0. The average Bonchev–Trinajstić information content (AvgIpc) is 2.58. The summed E-state index contributed by atoms with van der Waals surface area (Å²) >= 11 is 0. The van der Waals surface area contributed by atoms with E-state index >= 15 is 0 Å². The van der Waals surface area contributed by atoms with Crippen molar-refractivity contribution in [3.05, 3.63) is 0 Å². The fourth-order valence-corrected chi connectivity index (χ4v) is 1.48. The van der Waals surface area contributed by atoms with Crippen molar-refractivity contribution in [1.82, 2.24) is 10.6 Å². The number of carboxylic acids is 1. The molecular formula is C15H30N2O8. The largest absolute Gasteiger partial charge is 0.480 e. The van der Waals surface area contributed by atoms with Crippen LogP contribution >= 0.6 is 0 Å². The Hall–Kier alpha value is -1.30. The molecule has 0 aliphatic carbocycles. The summed E-state index contributed by atoms with van der Waals surface area (Å²) < 4.78 is 25.8. The minimum atomic E-state index is -1.11. The predicted molar refractivity (Wildman–Crippen MR) is 88.7 cm³/mol. The van der Waals surface area contributed by atoms with Crippen molar-refractivity contribution < 1.29 is 38.4 Å². The zero-order valence-electron chi connectivity index (χ0n) is 14.8. The third-order valence-electron chi connectivity index (χ3n) is 2.64. The maximum Gasteiger partial charge on any atom is 0.329 e. The Morgan fingerprint density at radius 3 is 1.68 bits per heavy atom. The lowest BCUT2D eigenvalue weighted by Crippen LogP contribution is -2.31. The number of ether oxygens (including phenoxy) is 5. The Kier molecular flexibility index (Phi) is 18.0. The Balaban J connectivity index is 3.11. The summed E-state index contributed by atoms with van der Waals surface area (Å²) in [5.74, 6) is -1.49. The third-order valence-corrected chi connectivity index (χ3v) is 2.64. The molecule has 10 nitrogen and oxygen atoms in total. The van der Waals surface area contributed by atoms with Crippen molar-refractivity contribution in [1.29, 1.82) is 0 Å². The highest BCUT2D eigenvalue weighted by Crippen LogP contribution is 1.83. The number of carboxylic acid groups (broad SMARTS) is 1. The number of likely N-dealkylation sites (N-methyl/N-ethyl adjacent to an activating group) is 1. The van der Waals surface area contributed by atoms with Crippen LogP contribution < -0.4 is 10.6 Å². The molecule has 0 aliphatic rings. The van der Waals surface area contributed by atoms with Gasteiger partial charge in [0.1, 0.15) is 13.2 Å². The summed E-state index contributed by atoms with van der Waals surface area (Å²) in [5.41, 5.74) is 0. The number of nitrogens with one attached hydrogen (secondary N) is 2. The van der Waals surface area contributed by atoms with Crippen molar-refractivity contribution >= 4 is 11.9 Å². The van der Waals surface area contributed by atoms with E-state index in [0.717, 1.165) is 6.54 Å². The van der Waals surface area contributed by atoms with Gasteiger partial charge < -0.3 is 39.4 Å². The van der Waals surface area contributed by atoms with E-state index < -0.39 is 12.6 Å². The molecule has 0 aromatic rings. The number of amides is 1. The molecule has 0 atom stereocenters. The molecule has 0 bridgehead atoms. The minimum absolute atomic E-state index is 0.282. The fourth-order valence-electron chi connectivity index (χ4n) is 1.48. The van der Waals surface area contributed by atoms with Gasteiger partial charge in [-0.3, -0.25) is 4.79 Å². The Labute approximate surface area is 148 Å². The number of carbonyl (C=O) groups excluding carboxylic acids is 1. The van der Waals surface area contributed by atoms with E-state index in [1.807, 2.05) is 7.05 Å². The first-order valence-corrected chi connectivity index (χ1v) is 8.18. The molecule has 148 valence electrons. The second-order valence-corrected chi connectivity index (χ2v) is 4.79. The molecule has 0 aliphatic heterocycles. The lowest BCUT2D eigenvalue weighted by Gasteiger charge is -2.08. The predicted octanol–water partition coefficient (Wildman–Crippen LogP) is -1.51. The number of carbonyl (C=O) groups is 2. The van der Waals surface area contributed by atoms with Crippen molar-refractivity contribution in [3.63, 3.8) is 0 Å². The van der Waals surface area contributed by atoms with Crippen LogP contribution in [0.5, 0.6) is 0 Å². The fraction of sp³-hybridized carbons (Fsp3) is 0.867. The monoisotopic (exact) mass is 366 g/mol. The Morgan fingerprint density at radius 1 is 0.720 bits per heavy atom. The van der Waals surface area contributed by atoms with Gasteiger partial charge in [-0.05, 0) is 7.05 Å². The zero-order chi connectivity index (χ0) is 18.6. The van der Waals surface area contributed by atoms with Crippen LogP contribution in [0.15, 0.2) is 0 Å². The van der Waals surface area contributed by atoms with Crippen LogP contribution in [0.25, 0.3) is 0 Å². The van der Waals surface area contributed by atoms with E-state index in [4.69, 9.17) is 24.1 Å². The second-order valence-electron chi connectivity index (χ2n) is 4.79. The first kappa shape index (κ1) is 23.7. The lowest BCUT2D eigenvalue weighted by atomic mass is 10.6. The van der Waals surface area contributed by atoms with Gasteiger partial charge in [0.05, 0.1) is 52.9 Å². The quantitative estimate of drug-likeness (QED) is 0.234. The van der Waals surface area contributed by atoms with Gasteiger partial charge in [-0.25, -0.2) is 4.79 Å². The highest BCUT2D eigenvalue weighted by atomic mass is 16.6. The summed E-state index contributed by atoms with van der Waals surface area (Å²) in [7, 11) is 1.87. The molecule has 0 heterocycles. The number of hydrogen-bond acceptors (Lipinski definition) is 8. The molecule has 0 unspecified atom stereocenters. The molecule has 0 radical (unpaired) electrons. The lowest BCUT2D eigenvalue weighted by molar-refractivity contribution is -0.143. The van der Waals surface area contributed by atoms with Crippen LogP contribution in [0.2, 0.25) is 0 Å². The summed E-state index contributed by atoms with van der Waals surface area (Å²) in [4.78, 5) is 21.4. The van der Waals surface area contributed by atoms with Crippen LogP contribution in [0, 0.1) is 0 Å². The van der Waals surface area contributed by atoms with E-state index in [2.05, 4.69) is 15.4 Å². The summed E-state index contributed by atoms with van der Waals surface area (Å²) in [6.45, 7) is 4.34. The van der Waals surface area contributed by atoms with Crippen molar-refractivity contribution in [2.24, 2.45) is 0 Å². The van der Waals surface area contributed by atoms with Crippen molar-refractivity contribution in [3.8, 4) is 0 Å². The van der Waals surface area contributed by atoms with Crippen LogP contribution in [0.4, 0.5) is 0 Å². The molecule has 1 amide bonds. The number of rotatable bonds is 19. The van der Waals surface area contributed by atoms with Crippen molar-refractivity contribution in [2.45, 2.75) is 0 Å². The van der Waals surface area contributed by atoms with Gasteiger partial charge in [0.25, 0.3) is 0 Å². The van der Waals surface area contributed by atoms with Gasteiger partial charge in [-0.2, -0.15) is 0 Å². The molecular weight excluding hydrogens is 336 g/mol. The van der Waals surface area contributed by atoms with Gasteiger partial charge in [0.15, 0.2) is 0 Å². The highest BCUT2D eigenvalue weighted by Gasteiger charge is 2.02. The normalized spacial score (nSPS) is 10.8. The smallest absolute Gasteiger partial charge is 0.329 e. The van der Waals surface area contributed by atoms with Gasteiger partial charge in [-0.1, -0.05) is 0 Å². The Morgan fingerprint density at radius 2 is 1.20 bits per heavy atom. The Bertz CT molecular complexity index is 331. The van der Waals surface area contributed by atoms with Gasteiger partial charge in [0, 0.05) is 13.1 Å². The third kappa shape index (κ3) is 20.7. The van der Waals surface area contributed by atoms with E-state index in [9.17, 15) is 9.59 Å². The maximum absolute atomic E-state index is 11.2. The number of aliphatic carboxylic acids is 1. The molecule has 0 saturated carbocycles. The molecule has 0 rings (SSSR count). The molecule has 0 aromatic heterocycles. The van der Waals surface area contributed by atoms with Crippen LogP contribution in [0.3, 0.4) is 0 Å². The maximum atomic E-state index is 11.2. The molecule has 0 saturated heterocycles. The van der Waals surface area contributed by atoms with Crippen LogP contribution in [0.1, 0.15) is 0 Å². The van der Waals surface area contributed by atoms with Crippen molar-refractivity contribution in [2.75, 3.05) is 86.2 Å². The van der Waals surface area contributed by atoms with Gasteiger partial charge in [0.2, 0.25) is 5.91 Å². The second kappa shape index (κ2) is 19.0. The molecule has 0 aromatic carbocycles. The average molecular weight is 366 g/mol. The standard InChI is InChI=1S/C15H30N2O8/c1-16-2-4-21-6-8-23-10-11-24-9-7-22-5-3-17-14(18)12-25-13-15(19)20/h16H,2-13H2,1H3,(H,17,18)(H,19,20). The first-order valence-electron chi connectivity index (χ1n) is 8.18. The van der Waals surface area contributed by atoms with Gasteiger partial charge in [-0.15, -0.1) is 0 Å². The van der Waals surface area contributed by atoms with E-state index in [-0.39, 0.29) is 12.5 Å². The zero-order valence-corrected chi connectivity index (χ0v) is 14.8.